The summed E-state index contributed by atoms with van der Waals surface area (Å²) in [5.74, 6) is -1.05. The van der Waals surface area contributed by atoms with Gasteiger partial charge in [-0.2, -0.15) is 0 Å². The van der Waals surface area contributed by atoms with E-state index in [9.17, 15) is 14.0 Å². The minimum atomic E-state index is -0.620. The summed E-state index contributed by atoms with van der Waals surface area (Å²) in [6, 6.07) is 10.8. The van der Waals surface area contributed by atoms with Crippen molar-refractivity contribution < 1.29 is 18.7 Å². The van der Waals surface area contributed by atoms with Gasteiger partial charge in [0.2, 0.25) is 0 Å². The van der Waals surface area contributed by atoms with Crippen molar-refractivity contribution in [2.75, 3.05) is 13.1 Å². The molecule has 1 aliphatic heterocycles. The van der Waals surface area contributed by atoms with Gasteiger partial charge in [-0.1, -0.05) is 29.3 Å². The van der Waals surface area contributed by atoms with E-state index < -0.39 is 17.5 Å². The third kappa shape index (κ3) is 6.11. The summed E-state index contributed by atoms with van der Waals surface area (Å²) >= 11 is 11.9. The molecule has 166 valence electrons. The number of hydrogen-bond donors (Lipinski definition) is 1. The lowest BCUT2D eigenvalue weighted by Crippen LogP contribution is -2.52. The molecule has 2 aromatic carbocycles. The average molecular weight is 467 g/mol. The molecular formula is C23H25Cl2FN2O3. The zero-order valence-corrected chi connectivity index (χ0v) is 19.1. The molecule has 1 aliphatic rings. The van der Waals surface area contributed by atoms with Gasteiger partial charge >= 0.3 is 6.09 Å². The van der Waals surface area contributed by atoms with Crippen LogP contribution < -0.4 is 5.32 Å². The smallest absolute Gasteiger partial charge is 0.410 e. The summed E-state index contributed by atoms with van der Waals surface area (Å²) in [6.45, 7) is 6.15. The van der Waals surface area contributed by atoms with Crippen LogP contribution in [0, 0.1) is 5.82 Å². The third-order valence-electron chi connectivity index (χ3n) is 5.06. The Bertz CT molecular complexity index is 960. The Kier molecular flexibility index (Phi) is 7.12. The normalized spacial score (nSPS) is 19.1. The predicted octanol–water partition coefficient (Wildman–Crippen LogP) is 5.66. The van der Waals surface area contributed by atoms with E-state index in [0.29, 0.717) is 30.1 Å². The summed E-state index contributed by atoms with van der Waals surface area (Å²) in [7, 11) is 0. The van der Waals surface area contributed by atoms with Crippen LogP contribution in [0.2, 0.25) is 10.0 Å². The average Bonchev–Trinajstić information content (AvgIpc) is 2.69. The molecule has 1 N–H and O–H groups in total. The van der Waals surface area contributed by atoms with E-state index in [1.807, 2.05) is 0 Å². The lowest BCUT2D eigenvalue weighted by molar-refractivity contribution is 0.0177. The lowest BCUT2D eigenvalue weighted by atomic mass is 9.85. The maximum absolute atomic E-state index is 13.7. The number of rotatable bonds is 3. The van der Waals surface area contributed by atoms with E-state index in [0.717, 1.165) is 5.56 Å². The SMILES string of the molecule is CC(C)(C)OC(=O)N1CC[C@@H](NC(=O)c2ccc(Cl)cc2)[C@H](c2ccc(F)c(Cl)c2)C1. The van der Waals surface area contributed by atoms with Gasteiger partial charge in [-0.3, -0.25) is 4.79 Å². The Morgan fingerprint density at radius 1 is 1.13 bits per heavy atom. The Hall–Kier alpha value is -2.31. The fourth-order valence-corrected chi connectivity index (χ4v) is 3.87. The van der Waals surface area contributed by atoms with Crippen LogP contribution in [0.5, 0.6) is 0 Å². The number of likely N-dealkylation sites (tertiary alicyclic amines) is 1. The summed E-state index contributed by atoms with van der Waals surface area (Å²) in [6.07, 6.45) is 0.0892. The summed E-state index contributed by atoms with van der Waals surface area (Å²) in [5.41, 5.74) is 0.599. The molecule has 8 heteroatoms. The highest BCUT2D eigenvalue weighted by molar-refractivity contribution is 6.31. The van der Waals surface area contributed by atoms with E-state index >= 15 is 0 Å². The quantitative estimate of drug-likeness (QED) is 0.634. The van der Waals surface area contributed by atoms with Gasteiger partial charge in [0.15, 0.2) is 0 Å². The molecule has 1 fully saturated rings. The van der Waals surface area contributed by atoms with Crippen LogP contribution in [0.4, 0.5) is 9.18 Å². The molecule has 31 heavy (non-hydrogen) atoms. The maximum atomic E-state index is 13.7. The first kappa shape index (κ1) is 23.4. The van der Waals surface area contributed by atoms with Crippen molar-refractivity contribution in [2.45, 2.75) is 44.8 Å². The minimum Gasteiger partial charge on any atom is -0.444 e. The molecule has 0 aromatic heterocycles. The lowest BCUT2D eigenvalue weighted by Gasteiger charge is -2.39. The van der Waals surface area contributed by atoms with E-state index in [1.165, 1.54) is 6.07 Å². The number of piperidine rings is 1. The summed E-state index contributed by atoms with van der Waals surface area (Å²) in [5, 5.41) is 3.59. The number of carbonyl (C=O) groups excluding carboxylic acids is 2. The largest absolute Gasteiger partial charge is 0.444 e. The van der Waals surface area contributed by atoms with Crippen LogP contribution in [0.25, 0.3) is 0 Å². The molecule has 0 unspecified atom stereocenters. The number of carbonyl (C=O) groups is 2. The second-order valence-corrected chi connectivity index (χ2v) is 9.43. The van der Waals surface area contributed by atoms with Gasteiger partial charge in [-0.05, 0) is 69.2 Å². The van der Waals surface area contributed by atoms with E-state index in [4.69, 9.17) is 27.9 Å². The molecule has 5 nitrogen and oxygen atoms in total. The zero-order valence-electron chi connectivity index (χ0n) is 17.6. The maximum Gasteiger partial charge on any atom is 0.410 e. The molecule has 1 saturated heterocycles. The fourth-order valence-electron chi connectivity index (χ4n) is 3.55. The Labute approximate surface area is 191 Å². The number of ether oxygens (including phenoxy) is 1. The van der Waals surface area contributed by atoms with Crippen molar-refractivity contribution in [3.05, 3.63) is 69.5 Å². The van der Waals surface area contributed by atoms with Crippen LogP contribution in [-0.2, 0) is 4.74 Å². The molecule has 0 aliphatic carbocycles. The van der Waals surface area contributed by atoms with E-state index in [-0.39, 0.29) is 22.9 Å². The standard InChI is InChI=1S/C23H25Cl2FN2O3/c1-23(2,3)31-22(30)28-11-10-20(27-21(29)14-4-7-16(24)8-5-14)17(13-28)15-6-9-19(26)18(25)12-15/h4-9,12,17,20H,10-11,13H2,1-3H3,(H,27,29)/t17-,20+/m0/s1. The molecule has 2 amide bonds. The van der Waals surface area contributed by atoms with E-state index in [1.54, 1.807) is 62.1 Å². The first-order chi connectivity index (χ1) is 14.5. The monoisotopic (exact) mass is 466 g/mol. The Morgan fingerprint density at radius 3 is 2.42 bits per heavy atom. The van der Waals surface area contributed by atoms with Crippen LogP contribution in [0.15, 0.2) is 42.5 Å². The van der Waals surface area contributed by atoms with Crippen molar-refractivity contribution in [1.82, 2.24) is 10.2 Å². The van der Waals surface area contributed by atoms with E-state index in [2.05, 4.69) is 5.32 Å². The van der Waals surface area contributed by atoms with Crippen molar-refractivity contribution in [3.8, 4) is 0 Å². The molecular weight excluding hydrogens is 442 g/mol. The number of nitrogens with one attached hydrogen (secondary N) is 1. The number of amides is 2. The van der Waals surface area contributed by atoms with Gasteiger partial charge in [-0.15, -0.1) is 0 Å². The number of benzene rings is 2. The van der Waals surface area contributed by atoms with Gasteiger partial charge in [0.1, 0.15) is 11.4 Å². The second kappa shape index (κ2) is 9.45. The Morgan fingerprint density at radius 2 is 1.81 bits per heavy atom. The van der Waals surface area contributed by atoms with Gasteiger partial charge in [0, 0.05) is 35.6 Å². The number of halogens is 3. The number of hydrogen-bond acceptors (Lipinski definition) is 3. The minimum absolute atomic E-state index is 0.00494. The van der Waals surface area contributed by atoms with Crippen molar-refractivity contribution in [2.24, 2.45) is 0 Å². The first-order valence-corrected chi connectivity index (χ1v) is 10.8. The summed E-state index contributed by atoms with van der Waals surface area (Å²) < 4.78 is 19.2. The predicted molar refractivity (Wildman–Crippen MR) is 119 cm³/mol. The fraction of sp³-hybridized carbons (Fsp3) is 0.391. The van der Waals surface area contributed by atoms with Crippen LogP contribution in [0.1, 0.15) is 49.0 Å². The van der Waals surface area contributed by atoms with Crippen molar-refractivity contribution >= 4 is 35.2 Å². The topological polar surface area (TPSA) is 58.6 Å². The molecule has 0 spiro atoms. The van der Waals surface area contributed by atoms with Crippen LogP contribution >= 0.6 is 23.2 Å². The molecule has 2 atom stereocenters. The highest BCUT2D eigenvalue weighted by atomic mass is 35.5. The zero-order chi connectivity index (χ0) is 22.8. The number of nitrogens with zero attached hydrogens (tertiary/aromatic N) is 1. The second-order valence-electron chi connectivity index (χ2n) is 8.58. The van der Waals surface area contributed by atoms with Crippen molar-refractivity contribution in [1.29, 1.82) is 0 Å². The third-order valence-corrected chi connectivity index (χ3v) is 5.60. The molecule has 2 aromatic rings. The molecule has 0 radical (unpaired) electrons. The Balaban J connectivity index is 1.83. The first-order valence-electron chi connectivity index (χ1n) is 10.0. The van der Waals surface area contributed by atoms with Crippen molar-refractivity contribution in [3.63, 3.8) is 0 Å². The van der Waals surface area contributed by atoms with Gasteiger partial charge < -0.3 is 15.0 Å². The van der Waals surface area contributed by atoms with Crippen LogP contribution in [-0.4, -0.2) is 41.6 Å². The van der Waals surface area contributed by atoms with Gasteiger partial charge in [-0.25, -0.2) is 9.18 Å². The highest BCUT2D eigenvalue weighted by Crippen LogP contribution is 2.31. The molecule has 0 saturated carbocycles. The molecule has 3 rings (SSSR count). The molecule has 1 heterocycles. The van der Waals surface area contributed by atoms with Gasteiger partial charge in [0.25, 0.3) is 5.91 Å². The highest BCUT2D eigenvalue weighted by Gasteiger charge is 2.35. The van der Waals surface area contributed by atoms with Crippen LogP contribution in [0.3, 0.4) is 0 Å². The molecule has 0 bridgehead atoms. The van der Waals surface area contributed by atoms with Gasteiger partial charge in [0.05, 0.1) is 5.02 Å². The summed E-state index contributed by atoms with van der Waals surface area (Å²) in [4.78, 5) is 27.0.